The Bertz CT molecular complexity index is 209. The minimum absolute atomic E-state index is 0.799. The van der Waals surface area contributed by atoms with Gasteiger partial charge in [0.05, 0.1) is 0 Å². The van der Waals surface area contributed by atoms with Crippen LogP contribution in [0.1, 0.15) is 26.7 Å². The zero-order valence-electron chi connectivity index (χ0n) is 8.74. The number of hydrogen-bond acceptors (Lipinski definition) is 1. The Morgan fingerprint density at radius 1 is 1.38 bits per heavy atom. The van der Waals surface area contributed by atoms with Crippen LogP contribution in [0.5, 0.6) is 0 Å². The van der Waals surface area contributed by atoms with Crippen LogP contribution in [0.15, 0.2) is 12.2 Å². The molecule has 0 spiro atoms. The van der Waals surface area contributed by atoms with Crippen LogP contribution in [0.3, 0.4) is 0 Å². The molecule has 1 nitrogen and oxygen atoms in total. The van der Waals surface area contributed by atoms with Crippen molar-refractivity contribution in [1.82, 2.24) is 0 Å². The summed E-state index contributed by atoms with van der Waals surface area (Å²) < 4.78 is 0. The minimum atomic E-state index is 0.799. The standard InChI is InChI=1S/C12H21N/c1-8-3-4-10(8)6-11(7-13)12-5-9(12)2/h3-4,8-12H,5-7,13H2,1-2H3. The van der Waals surface area contributed by atoms with E-state index in [1.165, 1.54) is 12.8 Å². The van der Waals surface area contributed by atoms with Gasteiger partial charge in [0.2, 0.25) is 0 Å². The fourth-order valence-electron chi connectivity index (χ4n) is 2.59. The van der Waals surface area contributed by atoms with Crippen molar-refractivity contribution in [3.63, 3.8) is 0 Å². The molecule has 0 amide bonds. The van der Waals surface area contributed by atoms with Crippen LogP contribution < -0.4 is 5.73 Å². The molecule has 0 radical (unpaired) electrons. The second kappa shape index (κ2) is 3.45. The first-order chi connectivity index (χ1) is 6.22. The molecule has 1 saturated carbocycles. The van der Waals surface area contributed by atoms with Crippen molar-refractivity contribution in [2.75, 3.05) is 6.54 Å². The molecule has 2 aliphatic carbocycles. The van der Waals surface area contributed by atoms with Crippen molar-refractivity contribution in [3.8, 4) is 0 Å². The number of allylic oxidation sites excluding steroid dienone is 2. The van der Waals surface area contributed by atoms with Crippen LogP contribution in [0.4, 0.5) is 0 Å². The van der Waals surface area contributed by atoms with Crippen molar-refractivity contribution in [1.29, 1.82) is 0 Å². The van der Waals surface area contributed by atoms with Gasteiger partial charge in [0.1, 0.15) is 0 Å². The quantitative estimate of drug-likeness (QED) is 0.659. The van der Waals surface area contributed by atoms with Gasteiger partial charge in [0, 0.05) is 0 Å². The zero-order chi connectivity index (χ0) is 9.42. The second-order valence-electron chi connectivity index (χ2n) is 5.02. The van der Waals surface area contributed by atoms with E-state index in [-0.39, 0.29) is 0 Å². The highest BCUT2D eigenvalue weighted by atomic mass is 14.6. The van der Waals surface area contributed by atoms with Crippen molar-refractivity contribution >= 4 is 0 Å². The van der Waals surface area contributed by atoms with Crippen LogP contribution in [0.25, 0.3) is 0 Å². The van der Waals surface area contributed by atoms with E-state index in [4.69, 9.17) is 5.73 Å². The third-order valence-corrected chi connectivity index (χ3v) is 3.99. The normalized spacial score (nSPS) is 44.2. The van der Waals surface area contributed by atoms with Gasteiger partial charge >= 0.3 is 0 Å². The Morgan fingerprint density at radius 2 is 2.08 bits per heavy atom. The van der Waals surface area contributed by atoms with Crippen LogP contribution in [0, 0.1) is 29.6 Å². The lowest BCUT2D eigenvalue weighted by molar-refractivity contribution is 0.314. The molecule has 0 aromatic heterocycles. The van der Waals surface area contributed by atoms with Gasteiger partial charge in [0.25, 0.3) is 0 Å². The van der Waals surface area contributed by atoms with Gasteiger partial charge in [-0.05, 0) is 49.0 Å². The molecule has 1 heteroatoms. The molecular formula is C12H21N. The van der Waals surface area contributed by atoms with Crippen LogP contribution in [-0.2, 0) is 0 Å². The second-order valence-corrected chi connectivity index (χ2v) is 5.02. The highest BCUT2D eigenvalue weighted by Crippen LogP contribution is 2.47. The summed E-state index contributed by atoms with van der Waals surface area (Å²) in [5.74, 6) is 4.34. The third kappa shape index (κ3) is 1.80. The van der Waals surface area contributed by atoms with Crippen LogP contribution in [0.2, 0.25) is 0 Å². The summed E-state index contributed by atoms with van der Waals surface area (Å²) in [6.45, 7) is 5.56. The first-order valence-corrected chi connectivity index (χ1v) is 5.60. The maximum atomic E-state index is 5.82. The monoisotopic (exact) mass is 179 g/mol. The maximum Gasteiger partial charge on any atom is -0.00459 e. The molecule has 0 aliphatic heterocycles. The Morgan fingerprint density at radius 3 is 2.38 bits per heavy atom. The van der Waals surface area contributed by atoms with E-state index in [2.05, 4.69) is 26.0 Å². The van der Waals surface area contributed by atoms with E-state index in [1.54, 1.807) is 0 Å². The lowest BCUT2D eigenvalue weighted by atomic mass is 9.76. The van der Waals surface area contributed by atoms with Crippen molar-refractivity contribution in [2.45, 2.75) is 26.7 Å². The predicted molar refractivity (Wildman–Crippen MR) is 56.2 cm³/mol. The average molecular weight is 179 g/mol. The van der Waals surface area contributed by atoms with E-state index in [9.17, 15) is 0 Å². The van der Waals surface area contributed by atoms with Crippen LogP contribution in [-0.4, -0.2) is 6.54 Å². The van der Waals surface area contributed by atoms with Gasteiger partial charge in [-0.25, -0.2) is 0 Å². The van der Waals surface area contributed by atoms with Gasteiger partial charge in [-0.15, -0.1) is 0 Å². The number of rotatable bonds is 4. The molecule has 2 rings (SSSR count). The van der Waals surface area contributed by atoms with Gasteiger partial charge in [0.15, 0.2) is 0 Å². The van der Waals surface area contributed by atoms with E-state index < -0.39 is 0 Å². The third-order valence-electron chi connectivity index (χ3n) is 3.99. The van der Waals surface area contributed by atoms with Gasteiger partial charge in [-0.3, -0.25) is 0 Å². The SMILES string of the molecule is CC1C=CC1CC(CN)C1CC1C. The molecule has 2 N–H and O–H groups in total. The summed E-state index contributed by atoms with van der Waals surface area (Å²) in [4.78, 5) is 0. The number of hydrogen-bond donors (Lipinski definition) is 1. The minimum Gasteiger partial charge on any atom is -0.330 e. The summed E-state index contributed by atoms with van der Waals surface area (Å²) in [6.07, 6.45) is 7.44. The molecule has 0 aromatic rings. The number of nitrogens with two attached hydrogens (primary N) is 1. The summed E-state index contributed by atoms with van der Waals surface area (Å²) in [5, 5.41) is 0. The zero-order valence-corrected chi connectivity index (χ0v) is 8.74. The van der Waals surface area contributed by atoms with E-state index >= 15 is 0 Å². The molecule has 13 heavy (non-hydrogen) atoms. The van der Waals surface area contributed by atoms with Gasteiger partial charge in [-0.1, -0.05) is 26.0 Å². The molecule has 2 aliphatic rings. The van der Waals surface area contributed by atoms with Gasteiger partial charge < -0.3 is 5.73 Å². The summed E-state index contributed by atoms with van der Waals surface area (Å²) in [5.41, 5.74) is 5.82. The molecule has 5 atom stereocenters. The van der Waals surface area contributed by atoms with Gasteiger partial charge in [-0.2, -0.15) is 0 Å². The Hall–Kier alpha value is -0.300. The largest absolute Gasteiger partial charge is 0.330 e. The van der Waals surface area contributed by atoms with Crippen molar-refractivity contribution in [2.24, 2.45) is 35.3 Å². The fraction of sp³-hybridized carbons (Fsp3) is 0.833. The molecule has 0 bridgehead atoms. The topological polar surface area (TPSA) is 26.0 Å². The Balaban J connectivity index is 1.81. The van der Waals surface area contributed by atoms with E-state index in [1.807, 2.05) is 0 Å². The fourth-order valence-corrected chi connectivity index (χ4v) is 2.59. The molecule has 1 fully saturated rings. The summed E-state index contributed by atoms with van der Waals surface area (Å²) >= 11 is 0. The Labute approximate surface area is 81.4 Å². The van der Waals surface area contributed by atoms with E-state index in [0.717, 1.165) is 36.1 Å². The highest BCUT2D eigenvalue weighted by molar-refractivity contribution is 5.08. The molecule has 74 valence electrons. The Kier molecular flexibility index (Phi) is 2.46. The molecule has 0 aromatic carbocycles. The highest BCUT2D eigenvalue weighted by Gasteiger charge is 2.40. The molecular weight excluding hydrogens is 158 g/mol. The maximum absolute atomic E-state index is 5.82. The average Bonchev–Trinajstić information content (AvgIpc) is 2.81. The first kappa shape index (κ1) is 9.26. The molecule has 5 unspecified atom stereocenters. The summed E-state index contributed by atoms with van der Waals surface area (Å²) in [7, 11) is 0. The first-order valence-electron chi connectivity index (χ1n) is 5.60. The lowest BCUT2D eigenvalue weighted by Gasteiger charge is -2.29. The van der Waals surface area contributed by atoms with E-state index in [0.29, 0.717) is 0 Å². The van der Waals surface area contributed by atoms with Crippen molar-refractivity contribution < 1.29 is 0 Å². The molecule has 0 saturated heterocycles. The van der Waals surface area contributed by atoms with Crippen molar-refractivity contribution in [3.05, 3.63) is 12.2 Å². The smallest absolute Gasteiger partial charge is 0.00459 e. The van der Waals surface area contributed by atoms with Crippen LogP contribution >= 0.6 is 0 Å². The molecule has 0 heterocycles. The predicted octanol–water partition coefficient (Wildman–Crippen LogP) is 2.43. The summed E-state index contributed by atoms with van der Waals surface area (Å²) in [6, 6.07) is 0. The lowest BCUT2D eigenvalue weighted by Crippen LogP contribution is -2.25.